The first-order valence-electron chi connectivity index (χ1n) is 7.32. The van der Waals surface area contributed by atoms with E-state index >= 15 is 0 Å². The third kappa shape index (κ3) is 4.51. The summed E-state index contributed by atoms with van der Waals surface area (Å²) in [5.41, 5.74) is -1.02. The molecular weight excluding hydrogens is 373 g/mol. The smallest absolute Gasteiger partial charge is 0.373 e. The van der Waals surface area contributed by atoms with E-state index in [1.165, 1.54) is 24.3 Å². The molecule has 1 N–H and O–H groups in total. The zero-order valence-electron chi connectivity index (χ0n) is 13.7. The highest BCUT2D eigenvalue weighted by molar-refractivity contribution is 7.90. The second-order valence-electron chi connectivity index (χ2n) is 5.70. The third-order valence-electron chi connectivity index (χ3n) is 3.68. The fourth-order valence-electron chi connectivity index (χ4n) is 2.32. The molecule has 0 aliphatic rings. The van der Waals surface area contributed by atoms with E-state index in [9.17, 15) is 31.7 Å². The standard InChI is InChI=1S/C16H15F3N2O4S/c1-10(11-4-3-5-12(8-11)16(17,18)19)20-14-7-6-13(26(2,24)25)9-15(14)21(22)23/h3-10,20H,1-2H3. The summed E-state index contributed by atoms with van der Waals surface area (Å²) in [7, 11) is -3.64. The molecule has 0 radical (unpaired) electrons. The number of nitro groups is 1. The van der Waals surface area contributed by atoms with E-state index in [1.807, 2.05) is 0 Å². The number of rotatable bonds is 5. The summed E-state index contributed by atoms with van der Waals surface area (Å²) in [6.07, 6.45) is -3.58. The molecule has 6 nitrogen and oxygen atoms in total. The van der Waals surface area contributed by atoms with Gasteiger partial charge in [-0.1, -0.05) is 12.1 Å². The lowest BCUT2D eigenvalue weighted by molar-refractivity contribution is -0.384. The lowest BCUT2D eigenvalue weighted by Crippen LogP contribution is -2.11. The van der Waals surface area contributed by atoms with Gasteiger partial charge in [-0.3, -0.25) is 10.1 Å². The summed E-state index contributed by atoms with van der Waals surface area (Å²) in [6.45, 7) is 1.55. The average molecular weight is 388 g/mol. The first-order valence-corrected chi connectivity index (χ1v) is 9.21. The van der Waals surface area contributed by atoms with Crippen LogP contribution in [0.15, 0.2) is 47.4 Å². The first-order chi connectivity index (χ1) is 11.9. The molecule has 1 atom stereocenters. The Hall–Kier alpha value is -2.62. The summed E-state index contributed by atoms with van der Waals surface area (Å²) in [5, 5.41) is 14.0. The minimum atomic E-state index is -4.50. The summed E-state index contributed by atoms with van der Waals surface area (Å²) < 4.78 is 61.5. The first kappa shape index (κ1) is 19.7. The van der Waals surface area contributed by atoms with Crippen LogP contribution in [0, 0.1) is 10.1 Å². The molecule has 0 heterocycles. The number of nitro benzene ring substituents is 1. The van der Waals surface area contributed by atoms with Gasteiger partial charge in [0.2, 0.25) is 0 Å². The van der Waals surface area contributed by atoms with Crippen molar-refractivity contribution in [1.82, 2.24) is 0 Å². The Balaban J connectivity index is 2.37. The quantitative estimate of drug-likeness (QED) is 0.613. The monoisotopic (exact) mass is 388 g/mol. The Labute approximate surface area is 147 Å². The number of hydrogen-bond donors (Lipinski definition) is 1. The van der Waals surface area contributed by atoms with Gasteiger partial charge < -0.3 is 5.32 Å². The van der Waals surface area contributed by atoms with Gasteiger partial charge in [0.25, 0.3) is 5.69 Å². The fraction of sp³-hybridized carbons (Fsp3) is 0.250. The van der Waals surface area contributed by atoms with Gasteiger partial charge in [-0.2, -0.15) is 13.2 Å². The highest BCUT2D eigenvalue weighted by atomic mass is 32.2. The van der Waals surface area contributed by atoms with Crippen LogP contribution in [0.3, 0.4) is 0 Å². The summed E-state index contributed by atoms with van der Waals surface area (Å²) in [5.74, 6) is 0. The van der Waals surface area contributed by atoms with Crippen molar-refractivity contribution in [1.29, 1.82) is 0 Å². The molecule has 0 fully saturated rings. The Morgan fingerprint density at radius 3 is 2.35 bits per heavy atom. The van der Waals surface area contributed by atoms with Crippen LogP contribution in [0.4, 0.5) is 24.5 Å². The van der Waals surface area contributed by atoms with E-state index in [4.69, 9.17) is 0 Å². The molecule has 0 amide bonds. The second kappa shape index (κ2) is 6.94. The van der Waals surface area contributed by atoms with E-state index in [-0.39, 0.29) is 16.1 Å². The van der Waals surface area contributed by atoms with Gasteiger partial charge in [-0.15, -0.1) is 0 Å². The molecule has 0 spiro atoms. The Morgan fingerprint density at radius 2 is 1.81 bits per heavy atom. The maximum absolute atomic E-state index is 12.8. The number of alkyl halides is 3. The van der Waals surface area contributed by atoms with Crippen molar-refractivity contribution < 1.29 is 26.5 Å². The maximum atomic E-state index is 12.8. The van der Waals surface area contributed by atoms with Crippen LogP contribution in [-0.4, -0.2) is 19.6 Å². The molecule has 0 saturated carbocycles. The van der Waals surface area contributed by atoms with Crippen molar-refractivity contribution in [2.45, 2.75) is 24.0 Å². The van der Waals surface area contributed by atoms with Gasteiger partial charge in [0.05, 0.1) is 15.4 Å². The SMILES string of the molecule is CC(Nc1ccc(S(C)(=O)=O)cc1[N+](=O)[O-])c1cccc(C(F)(F)F)c1. The van der Waals surface area contributed by atoms with Gasteiger partial charge in [0.1, 0.15) is 5.69 Å². The maximum Gasteiger partial charge on any atom is 0.416 e. The van der Waals surface area contributed by atoms with Crippen LogP contribution >= 0.6 is 0 Å². The van der Waals surface area contributed by atoms with E-state index in [0.717, 1.165) is 24.5 Å². The minimum Gasteiger partial charge on any atom is -0.373 e. The van der Waals surface area contributed by atoms with E-state index in [1.54, 1.807) is 6.92 Å². The van der Waals surface area contributed by atoms with Crippen LogP contribution in [0.2, 0.25) is 0 Å². The van der Waals surface area contributed by atoms with Gasteiger partial charge >= 0.3 is 6.18 Å². The number of anilines is 1. The summed E-state index contributed by atoms with van der Waals surface area (Å²) >= 11 is 0. The largest absolute Gasteiger partial charge is 0.416 e. The molecule has 26 heavy (non-hydrogen) atoms. The molecule has 0 aliphatic carbocycles. The normalized spacial score (nSPS) is 13.3. The number of halogens is 3. The number of nitrogens with one attached hydrogen (secondary N) is 1. The lowest BCUT2D eigenvalue weighted by Gasteiger charge is -2.17. The number of sulfone groups is 1. The Kier molecular flexibility index (Phi) is 5.26. The van der Waals surface area contributed by atoms with Crippen LogP contribution < -0.4 is 5.32 Å². The zero-order chi connectivity index (χ0) is 19.7. The molecule has 2 aromatic rings. The van der Waals surface area contributed by atoms with Crippen molar-refractivity contribution in [3.63, 3.8) is 0 Å². The van der Waals surface area contributed by atoms with Gasteiger partial charge in [0, 0.05) is 18.4 Å². The number of benzene rings is 2. The van der Waals surface area contributed by atoms with Crippen LogP contribution in [0.5, 0.6) is 0 Å². The second-order valence-corrected chi connectivity index (χ2v) is 7.71. The van der Waals surface area contributed by atoms with Crippen molar-refractivity contribution in [2.24, 2.45) is 0 Å². The topological polar surface area (TPSA) is 89.3 Å². The zero-order valence-corrected chi connectivity index (χ0v) is 14.6. The minimum absolute atomic E-state index is 0.00677. The Bertz CT molecular complexity index is 943. The summed E-state index contributed by atoms with van der Waals surface area (Å²) in [6, 6.07) is 7.24. The van der Waals surface area contributed by atoms with Gasteiger partial charge in [-0.05, 0) is 36.8 Å². The van der Waals surface area contributed by atoms with Gasteiger partial charge in [0.15, 0.2) is 9.84 Å². The molecule has 1 unspecified atom stereocenters. The molecule has 0 aromatic heterocycles. The van der Waals surface area contributed by atoms with Crippen LogP contribution in [-0.2, 0) is 16.0 Å². The molecule has 10 heteroatoms. The van der Waals surface area contributed by atoms with Crippen molar-refractivity contribution in [3.05, 3.63) is 63.7 Å². The predicted octanol–water partition coefficient (Wildman–Crippen LogP) is 4.19. The van der Waals surface area contributed by atoms with E-state index < -0.39 is 38.2 Å². The van der Waals surface area contributed by atoms with Gasteiger partial charge in [-0.25, -0.2) is 8.42 Å². The predicted molar refractivity (Wildman–Crippen MR) is 89.7 cm³/mol. The molecule has 2 rings (SSSR count). The van der Waals surface area contributed by atoms with E-state index in [0.29, 0.717) is 0 Å². The molecule has 140 valence electrons. The molecule has 2 aromatic carbocycles. The average Bonchev–Trinajstić information content (AvgIpc) is 2.53. The van der Waals surface area contributed by atoms with Crippen molar-refractivity contribution >= 4 is 21.2 Å². The molecular formula is C16H15F3N2O4S. The lowest BCUT2D eigenvalue weighted by atomic mass is 10.0. The number of hydrogen-bond acceptors (Lipinski definition) is 5. The molecule has 0 aliphatic heterocycles. The third-order valence-corrected chi connectivity index (χ3v) is 4.79. The van der Waals surface area contributed by atoms with E-state index in [2.05, 4.69) is 5.32 Å². The fourth-order valence-corrected chi connectivity index (χ4v) is 2.96. The highest BCUT2D eigenvalue weighted by Gasteiger charge is 2.31. The van der Waals surface area contributed by atoms with Crippen LogP contribution in [0.25, 0.3) is 0 Å². The molecule has 0 bridgehead atoms. The summed E-state index contributed by atoms with van der Waals surface area (Å²) in [4.78, 5) is 10.3. The van der Waals surface area contributed by atoms with Crippen molar-refractivity contribution in [3.8, 4) is 0 Å². The highest BCUT2D eigenvalue weighted by Crippen LogP contribution is 2.33. The Morgan fingerprint density at radius 1 is 1.15 bits per heavy atom. The molecule has 0 saturated heterocycles. The van der Waals surface area contributed by atoms with Crippen molar-refractivity contribution in [2.75, 3.05) is 11.6 Å². The van der Waals surface area contributed by atoms with Crippen LogP contribution in [0.1, 0.15) is 24.1 Å². The number of nitrogens with zero attached hydrogens (tertiary/aromatic N) is 1.